The maximum absolute atomic E-state index is 12.0. The monoisotopic (exact) mass is 400 g/mol. The Hall–Kier alpha value is -4.05. The van der Waals surface area contributed by atoms with Crippen molar-refractivity contribution < 1.29 is 14.3 Å². The number of nitriles is 1. The van der Waals surface area contributed by atoms with Gasteiger partial charge in [0.05, 0.1) is 30.3 Å². The third kappa shape index (κ3) is 3.63. The molecule has 1 N–H and O–H groups in total. The maximum atomic E-state index is 12.0. The standard InChI is InChI=1S/C23H20N4O3/c1-3-30-22(28)14-27-13-16(18-6-4-5-7-21(18)27)10-15(12-24)23-25-19-9-8-17(29-2)11-20(19)26-23/h4-11,13H,3,14H2,1-2H3,(H,25,26)/b15-10-. The second-order valence-electron chi connectivity index (χ2n) is 6.67. The number of methoxy groups -OCH3 is 1. The van der Waals surface area contributed by atoms with E-state index in [9.17, 15) is 10.1 Å². The molecule has 0 fully saturated rings. The van der Waals surface area contributed by atoms with Crippen molar-refractivity contribution in [1.82, 2.24) is 14.5 Å². The average Bonchev–Trinajstić information content (AvgIpc) is 3.33. The molecule has 7 nitrogen and oxygen atoms in total. The van der Waals surface area contributed by atoms with Crippen molar-refractivity contribution in [3.8, 4) is 11.8 Å². The third-order valence-electron chi connectivity index (χ3n) is 4.79. The van der Waals surface area contributed by atoms with Crippen LogP contribution in [-0.4, -0.2) is 34.2 Å². The number of esters is 1. The normalized spacial score (nSPS) is 11.6. The summed E-state index contributed by atoms with van der Waals surface area (Å²) in [4.78, 5) is 19.7. The van der Waals surface area contributed by atoms with E-state index >= 15 is 0 Å². The summed E-state index contributed by atoms with van der Waals surface area (Å²) in [6.45, 7) is 2.22. The number of nitrogens with zero attached hydrogens (tertiary/aromatic N) is 3. The van der Waals surface area contributed by atoms with Crippen LogP contribution in [0.1, 0.15) is 18.3 Å². The van der Waals surface area contributed by atoms with Gasteiger partial charge in [-0.2, -0.15) is 5.26 Å². The SMILES string of the molecule is CCOC(=O)Cn1cc(/C=C(/C#N)c2nc3ccc(OC)cc3[nH]2)c2ccccc21. The van der Waals surface area contributed by atoms with E-state index in [4.69, 9.17) is 9.47 Å². The van der Waals surface area contributed by atoms with Crippen LogP contribution in [0.2, 0.25) is 0 Å². The van der Waals surface area contributed by atoms with Gasteiger partial charge in [0, 0.05) is 28.7 Å². The fraction of sp³-hybridized carbons (Fsp3) is 0.174. The molecule has 0 aliphatic carbocycles. The summed E-state index contributed by atoms with van der Waals surface area (Å²) in [6.07, 6.45) is 3.63. The van der Waals surface area contributed by atoms with E-state index in [-0.39, 0.29) is 12.5 Å². The first-order chi connectivity index (χ1) is 14.6. The number of aromatic amines is 1. The van der Waals surface area contributed by atoms with E-state index in [1.165, 1.54) is 0 Å². The van der Waals surface area contributed by atoms with Crippen LogP contribution in [0, 0.1) is 11.3 Å². The molecule has 0 unspecified atom stereocenters. The first kappa shape index (κ1) is 19.3. The van der Waals surface area contributed by atoms with E-state index in [2.05, 4.69) is 16.0 Å². The highest BCUT2D eigenvalue weighted by atomic mass is 16.5. The van der Waals surface area contributed by atoms with Crippen molar-refractivity contribution in [1.29, 1.82) is 5.26 Å². The van der Waals surface area contributed by atoms with E-state index in [1.54, 1.807) is 20.1 Å². The van der Waals surface area contributed by atoms with Gasteiger partial charge in [0.1, 0.15) is 24.2 Å². The van der Waals surface area contributed by atoms with Crippen LogP contribution in [0.15, 0.2) is 48.7 Å². The zero-order valence-electron chi connectivity index (χ0n) is 16.7. The molecule has 0 aliphatic rings. The van der Waals surface area contributed by atoms with E-state index in [0.29, 0.717) is 23.8 Å². The number of carbonyl (C=O) groups is 1. The van der Waals surface area contributed by atoms with Crippen molar-refractivity contribution in [3.63, 3.8) is 0 Å². The molecule has 0 saturated heterocycles. The molecule has 7 heteroatoms. The highest BCUT2D eigenvalue weighted by Crippen LogP contribution is 2.27. The van der Waals surface area contributed by atoms with Crippen LogP contribution in [0.25, 0.3) is 33.6 Å². The number of rotatable bonds is 6. The highest BCUT2D eigenvalue weighted by Gasteiger charge is 2.13. The number of benzene rings is 2. The van der Waals surface area contributed by atoms with Gasteiger partial charge in [-0.1, -0.05) is 18.2 Å². The molecule has 2 aromatic heterocycles. The number of H-pyrrole nitrogens is 1. The van der Waals surface area contributed by atoms with Gasteiger partial charge in [-0.3, -0.25) is 4.79 Å². The summed E-state index contributed by atoms with van der Waals surface area (Å²) in [5.41, 5.74) is 3.64. The zero-order valence-corrected chi connectivity index (χ0v) is 16.7. The molecular formula is C23H20N4O3. The third-order valence-corrected chi connectivity index (χ3v) is 4.79. The topological polar surface area (TPSA) is 92.9 Å². The predicted octanol–water partition coefficient (Wildman–Crippen LogP) is 4.15. The minimum Gasteiger partial charge on any atom is -0.497 e. The Morgan fingerprint density at radius 2 is 2.13 bits per heavy atom. The lowest BCUT2D eigenvalue weighted by atomic mass is 10.1. The van der Waals surface area contributed by atoms with E-state index < -0.39 is 0 Å². The number of ether oxygens (including phenoxy) is 2. The van der Waals surface area contributed by atoms with Crippen molar-refractivity contribution in [3.05, 3.63) is 60.0 Å². The number of aromatic nitrogens is 3. The van der Waals surface area contributed by atoms with Crippen molar-refractivity contribution in [2.24, 2.45) is 0 Å². The molecule has 4 aromatic rings. The molecule has 0 spiro atoms. The molecular weight excluding hydrogens is 380 g/mol. The smallest absolute Gasteiger partial charge is 0.325 e. The first-order valence-corrected chi connectivity index (χ1v) is 9.52. The Bertz CT molecular complexity index is 1310. The molecule has 0 radical (unpaired) electrons. The molecule has 0 amide bonds. The molecule has 30 heavy (non-hydrogen) atoms. The molecule has 2 aromatic carbocycles. The molecule has 0 aliphatic heterocycles. The number of hydrogen-bond acceptors (Lipinski definition) is 5. The summed E-state index contributed by atoms with van der Waals surface area (Å²) in [7, 11) is 1.60. The second kappa shape index (κ2) is 8.13. The quantitative estimate of drug-likeness (QED) is 0.388. The highest BCUT2D eigenvalue weighted by molar-refractivity contribution is 5.98. The van der Waals surface area contributed by atoms with Gasteiger partial charge in [-0.25, -0.2) is 4.98 Å². The Balaban J connectivity index is 1.77. The molecule has 4 rings (SSSR count). The van der Waals surface area contributed by atoms with Crippen LogP contribution in [-0.2, 0) is 16.1 Å². The lowest BCUT2D eigenvalue weighted by Crippen LogP contribution is -2.12. The Morgan fingerprint density at radius 3 is 2.90 bits per heavy atom. The molecule has 0 saturated carbocycles. The van der Waals surface area contributed by atoms with Gasteiger partial charge in [-0.15, -0.1) is 0 Å². The van der Waals surface area contributed by atoms with Crippen molar-refractivity contribution in [2.75, 3.05) is 13.7 Å². The summed E-state index contributed by atoms with van der Waals surface area (Å²) >= 11 is 0. The second-order valence-corrected chi connectivity index (χ2v) is 6.67. The Morgan fingerprint density at radius 1 is 1.30 bits per heavy atom. The number of para-hydroxylation sites is 1. The van der Waals surface area contributed by atoms with E-state index in [1.807, 2.05) is 53.2 Å². The summed E-state index contributed by atoms with van der Waals surface area (Å²) in [6, 6.07) is 15.5. The summed E-state index contributed by atoms with van der Waals surface area (Å²) < 4.78 is 12.2. The summed E-state index contributed by atoms with van der Waals surface area (Å²) in [5.74, 6) is 0.880. The van der Waals surface area contributed by atoms with Crippen LogP contribution in [0.3, 0.4) is 0 Å². The fourth-order valence-corrected chi connectivity index (χ4v) is 3.42. The minimum absolute atomic E-state index is 0.106. The van der Waals surface area contributed by atoms with Gasteiger partial charge in [0.2, 0.25) is 0 Å². The number of fused-ring (bicyclic) bond motifs is 2. The lowest BCUT2D eigenvalue weighted by Gasteiger charge is -2.04. The number of allylic oxidation sites excluding steroid dienone is 1. The van der Waals surface area contributed by atoms with E-state index in [0.717, 1.165) is 27.5 Å². The van der Waals surface area contributed by atoms with Crippen LogP contribution < -0.4 is 4.74 Å². The van der Waals surface area contributed by atoms with Gasteiger partial charge >= 0.3 is 5.97 Å². The lowest BCUT2D eigenvalue weighted by molar-refractivity contribution is -0.143. The van der Waals surface area contributed by atoms with Crippen LogP contribution in [0.4, 0.5) is 0 Å². The van der Waals surface area contributed by atoms with Crippen LogP contribution >= 0.6 is 0 Å². The zero-order chi connectivity index (χ0) is 21.1. The summed E-state index contributed by atoms with van der Waals surface area (Å²) in [5, 5.41) is 10.7. The molecule has 150 valence electrons. The van der Waals surface area contributed by atoms with Gasteiger partial charge in [0.15, 0.2) is 0 Å². The Kier molecular flexibility index (Phi) is 5.22. The van der Waals surface area contributed by atoms with Gasteiger partial charge in [-0.05, 0) is 31.2 Å². The fourth-order valence-electron chi connectivity index (χ4n) is 3.42. The van der Waals surface area contributed by atoms with Gasteiger partial charge < -0.3 is 19.0 Å². The predicted molar refractivity (Wildman–Crippen MR) is 115 cm³/mol. The number of hydrogen-bond donors (Lipinski definition) is 1. The van der Waals surface area contributed by atoms with Crippen LogP contribution in [0.5, 0.6) is 5.75 Å². The molecule has 2 heterocycles. The number of nitrogens with one attached hydrogen (secondary N) is 1. The van der Waals surface area contributed by atoms with Crippen molar-refractivity contribution >= 4 is 39.6 Å². The van der Waals surface area contributed by atoms with Gasteiger partial charge in [0.25, 0.3) is 0 Å². The average molecular weight is 400 g/mol. The number of imidazole rings is 1. The molecule has 0 atom stereocenters. The number of carbonyl (C=O) groups excluding carboxylic acids is 1. The minimum atomic E-state index is -0.305. The maximum Gasteiger partial charge on any atom is 0.325 e. The first-order valence-electron chi connectivity index (χ1n) is 9.52. The molecule has 0 bridgehead atoms. The largest absolute Gasteiger partial charge is 0.497 e. The Labute approximate surface area is 173 Å². The van der Waals surface area contributed by atoms with Crippen molar-refractivity contribution in [2.45, 2.75) is 13.5 Å².